The number of benzene rings is 1. The molecule has 0 bridgehead atoms. The van der Waals surface area contributed by atoms with E-state index in [1.807, 2.05) is 48.5 Å². The molecule has 0 fully saturated rings. The zero-order valence-corrected chi connectivity index (χ0v) is 22.8. The van der Waals surface area contributed by atoms with Crippen molar-refractivity contribution in [3.8, 4) is 11.1 Å². The average Bonchev–Trinajstić information content (AvgIpc) is 3.35. The van der Waals surface area contributed by atoms with Crippen LogP contribution in [0.15, 0.2) is 95.7 Å². The number of aromatic amines is 1. The number of pyridine rings is 3. The van der Waals surface area contributed by atoms with Crippen molar-refractivity contribution in [3.63, 3.8) is 0 Å². The van der Waals surface area contributed by atoms with Crippen molar-refractivity contribution in [3.05, 3.63) is 131 Å². The first-order valence-corrected chi connectivity index (χ1v) is 13.6. The molecule has 0 aliphatic carbocycles. The molecule has 0 atom stereocenters. The molecular weight excluding hydrogens is 545 g/mol. The number of amides is 1. The molecule has 7 rings (SSSR count). The number of aliphatic imine (C=N–C) groups is 1. The van der Waals surface area contributed by atoms with Gasteiger partial charge in [0.25, 0.3) is 0 Å². The summed E-state index contributed by atoms with van der Waals surface area (Å²) in [6.45, 7) is 0.640. The third kappa shape index (κ3) is 5.19. The Labute approximate surface area is 245 Å². The normalized spacial score (nSPS) is 13.6. The fourth-order valence-corrected chi connectivity index (χ4v) is 5.13. The van der Waals surface area contributed by atoms with Crippen LogP contribution >= 0.6 is 0 Å². The lowest BCUT2D eigenvalue weighted by atomic mass is 9.99. The number of halogens is 1. The van der Waals surface area contributed by atoms with E-state index in [1.54, 1.807) is 24.7 Å². The van der Waals surface area contributed by atoms with E-state index in [0.717, 1.165) is 22.4 Å². The zero-order chi connectivity index (χ0) is 29.2. The molecule has 5 aromatic rings. The SMILES string of the molecule is O=C(Cc1ccccc1)Nc1cncc(-c2cnc3c(c2F)C(c2nc4c([nH]2)CN=CC=C4c2cccnc2)=NNC3)c1. The highest BCUT2D eigenvalue weighted by Gasteiger charge is 2.28. The molecule has 0 saturated heterocycles. The number of hydrogen-bond donors (Lipinski definition) is 3. The fourth-order valence-electron chi connectivity index (χ4n) is 5.13. The van der Waals surface area contributed by atoms with Crippen LogP contribution in [-0.2, 0) is 24.3 Å². The minimum Gasteiger partial charge on any atom is -0.338 e. The highest BCUT2D eigenvalue weighted by Crippen LogP contribution is 2.31. The number of nitrogens with zero attached hydrogens (tertiary/aromatic N) is 6. The number of carbonyl (C=O) groups is 1. The van der Waals surface area contributed by atoms with Gasteiger partial charge in [-0.2, -0.15) is 5.10 Å². The lowest BCUT2D eigenvalue weighted by Crippen LogP contribution is -2.25. The minimum absolute atomic E-state index is 0.198. The van der Waals surface area contributed by atoms with Gasteiger partial charge in [0, 0.05) is 53.3 Å². The third-order valence-corrected chi connectivity index (χ3v) is 7.14. The van der Waals surface area contributed by atoms with Gasteiger partial charge in [-0.3, -0.25) is 24.7 Å². The summed E-state index contributed by atoms with van der Waals surface area (Å²) in [6.07, 6.45) is 11.9. The molecule has 0 unspecified atom stereocenters. The number of nitrogens with one attached hydrogen (secondary N) is 3. The predicted octanol–water partition coefficient (Wildman–Crippen LogP) is 4.45. The molecule has 0 saturated carbocycles. The molecule has 2 aliphatic rings. The van der Waals surface area contributed by atoms with Gasteiger partial charge in [0.05, 0.1) is 54.0 Å². The molecule has 43 heavy (non-hydrogen) atoms. The van der Waals surface area contributed by atoms with E-state index in [1.165, 1.54) is 18.6 Å². The molecule has 3 N–H and O–H groups in total. The van der Waals surface area contributed by atoms with Gasteiger partial charge in [-0.1, -0.05) is 36.4 Å². The summed E-state index contributed by atoms with van der Waals surface area (Å²) in [5.41, 5.74) is 9.24. The molecule has 10 nitrogen and oxygen atoms in total. The van der Waals surface area contributed by atoms with E-state index in [4.69, 9.17) is 4.98 Å². The number of imidazole rings is 1. The van der Waals surface area contributed by atoms with E-state index < -0.39 is 5.82 Å². The van der Waals surface area contributed by atoms with Crippen molar-refractivity contribution in [1.29, 1.82) is 0 Å². The largest absolute Gasteiger partial charge is 0.338 e. The molecular formula is C32H24FN9O. The van der Waals surface area contributed by atoms with Gasteiger partial charge < -0.3 is 15.7 Å². The van der Waals surface area contributed by atoms with Crippen LogP contribution in [0, 0.1) is 5.82 Å². The van der Waals surface area contributed by atoms with E-state index in [9.17, 15) is 4.79 Å². The fraction of sp³-hybridized carbons (Fsp3) is 0.0938. The summed E-state index contributed by atoms with van der Waals surface area (Å²) >= 11 is 0. The first-order chi connectivity index (χ1) is 21.1. The molecule has 6 heterocycles. The second-order valence-electron chi connectivity index (χ2n) is 10.0. The number of hydrogen-bond acceptors (Lipinski definition) is 8. The van der Waals surface area contributed by atoms with Crippen LogP contribution in [0.3, 0.4) is 0 Å². The number of carbonyl (C=O) groups excluding carboxylic acids is 1. The summed E-state index contributed by atoms with van der Waals surface area (Å²) in [7, 11) is 0. The zero-order valence-electron chi connectivity index (χ0n) is 22.8. The second-order valence-corrected chi connectivity index (χ2v) is 10.0. The second kappa shape index (κ2) is 11.2. The maximum absolute atomic E-state index is 16.4. The molecule has 210 valence electrons. The Morgan fingerprint density at radius 3 is 2.74 bits per heavy atom. The summed E-state index contributed by atoms with van der Waals surface area (Å²) in [4.78, 5) is 38.3. The first-order valence-electron chi connectivity index (χ1n) is 13.6. The summed E-state index contributed by atoms with van der Waals surface area (Å²) in [6, 6.07) is 14.9. The Balaban J connectivity index is 1.21. The number of aromatic nitrogens is 5. The minimum atomic E-state index is -0.507. The Morgan fingerprint density at radius 2 is 1.88 bits per heavy atom. The van der Waals surface area contributed by atoms with Gasteiger partial charge in [0.2, 0.25) is 5.91 Å². The smallest absolute Gasteiger partial charge is 0.228 e. The molecule has 2 aliphatic heterocycles. The number of hydrazone groups is 1. The van der Waals surface area contributed by atoms with Gasteiger partial charge in [-0.15, -0.1) is 0 Å². The number of rotatable bonds is 6. The van der Waals surface area contributed by atoms with Crippen LogP contribution in [-0.4, -0.2) is 42.8 Å². The quantitative estimate of drug-likeness (QED) is 0.277. The first kappa shape index (κ1) is 26.1. The van der Waals surface area contributed by atoms with Crippen LogP contribution in [0.1, 0.15) is 39.6 Å². The van der Waals surface area contributed by atoms with E-state index in [2.05, 4.69) is 40.8 Å². The highest BCUT2D eigenvalue weighted by atomic mass is 19.1. The number of fused-ring (bicyclic) bond motifs is 2. The standard InChI is InChI=1S/C32H24FN9O/c33-29-24(21-12-22(15-36-14-21)39-27(43)11-19-5-2-1-3-6-19)16-37-25-18-38-42-31(28(25)29)32-40-26-17-35-10-8-23(30(26)41-32)20-7-4-9-34-13-20/h1-10,12-16,38H,11,17-18H2,(H,39,43)(H,40,41). The Hall–Kier alpha value is -5.84. The lowest BCUT2D eigenvalue weighted by Gasteiger charge is -2.18. The van der Waals surface area contributed by atoms with E-state index in [-0.39, 0.29) is 30.0 Å². The van der Waals surface area contributed by atoms with E-state index in [0.29, 0.717) is 40.7 Å². The predicted molar refractivity (Wildman–Crippen MR) is 161 cm³/mol. The monoisotopic (exact) mass is 569 g/mol. The number of allylic oxidation sites excluding steroid dienone is 1. The number of H-pyrrole nitrogens is 1. The lowest BCUT2D eigenvalue weighted by molar-refractivity contribution is -0.115. The van der Waals surface area contributed by atoms with Crippen molar-refractivity contribution in [2.45, 2.75) is 19.5 Å². The molecule has 1 amide bonds. The molecule has 4 aromatic heterocycles. The van der Waals surface area contributed by atoms with Gasteiger partial charge in [0.1, 0.15) is 11.5 Å². The van der Waals surface area contributed by atoms with Gasteiger partial charge in [0.15, 0.2) is 5.82 Å². The molecule has 0 radical (unpaired) electrons. The summed E-state index contributed by atoms with van der Waals surface area (Å²) in [5, 5.41) is 7.30. The van der Waals surface area contributed by atoms with Crippen molar-refractivity contribution in [2.24, 2.45) is 10.1 Å². The van der Waals surface area contributed by atoms with Crippen molar-refractivity contribution in [2.75, 3.05) is 5.32 Å². The third-order valence-electron chi connectivity index (χ3n) is 7.14. The topological polar surface area (TPSA) is 133 Å². The van der Waals surface area contributed by atoms with Crippen LogP contribution in [0.4, 0.5) is 10.1 Å². The average molecular weight is 570 g/mol. The summed E-state index contributed by atoms with van der Waals surface area (Å²) in [5.74, 6) is -0.313. The Bertz CT molecular complexity index is 1930. The summed E-state index contributed by atoms with van der Waals surface area (Å²) < 4.78 is 16.4. The van der Waals surface area contributed by atoms with Gasteiger partial charge in [-0.05, 0) is 23.8 Å². The van der Waals surface area contributed by atoms with Crippen molar-refractivity contribution in [1.82, 2.24) is 30.3 Å². The Kier molecular flexibility index (Phi) is 6.80. The molecule has 1 aromatic carbocycles. The van der Waals surface area contributed by atoms with Crippen LogP contribution in [0.25, 0.3) is 16.7 Å². The maximum Gasteiger partial charge on any atom is 0.228 e. The van der Waals surface area contributed by atoms with E-state index >= 15 is 4.39 Å². The van der Waals surface area contributed by atoms with Gasteiger partial charge in [-0.25, -0.2) is 9.37 Å². The number of anilines is 1. The van der Waals surface area contributed by atoms with Crippen LogP contribution < -0.4 is 10.7 Å². The van der Waals surface area contributed by atoms with Crippen molar-refractivity contribution >= 4 is 29.1 Å². The van der Waals surface area contributed by atoms with Gasteiger partial charge >= 0.3 is 0 Å². The van der Waals surface area contributed by atoms with Crippen LogP contribution in [0.2, 0.25) is 0 Å². The Morgan fingerprint density at radius 1 is 1.00 bits per heavy atom. The highest BCUT2D eigenvalue weighted by molar-refractivity contribution is 6.13. The molecule has 11 heteroatoms. The molecule has 0 spiro atoms. The van der Waals surface area contributed by atoms with Crippen molar-refractivity contribution < 1.29 is 9.18 Å². The van der Waals surface area contributed by atoms with Crippen LogP contribution in [0.5, 0.6) is 0 Å². The maximum atomic E-state index is 16.4.